The molecular weight excluding hydrogens is 246 g/mol. The van der Waals surface area contributed by atoms with Gasteiger partial charge in [-0.3, -0.25) is 0 Å². The minimum atomic E-state index is -0.0187. The highest BCUT2D eigenvalue weighted by Gasteiger charge is 2.21. The second-order valence-electron chi connectivity index (χ2n) is 4.47. The summed E-state index contributed by atoms with van der Waals surface area (Å²) in [6, 6.07) is 6.95. The van der Waals surface area contributed by atoms with Crippen LogP contribution in [0.1, 0.15) is 23.3 Å². The van der Waals surface area contributed by atoms with Crippen molar-refractivity contribution in [1.82, 2.24) is 15.5 Å². The number of nitrogens with one attached hydrogen (secondary N) is 1. The number of aromatic nitrogens is 2. The van der Waals surface area contributed by atoms with Gasteiger partial charge in [0.25, 0.3) is 0 Å². The van der Waals surface area contributed by atoms with Gasteiger partial charge in [0.05, 0.1) is 13.2 Å². The predicted molar refractivity (Wildman–Crippen MR) is 66.8 cm³/mol. The van der Waals surface area contributed by atoms with Crippen molar-refractivity contribution in [3.8, 4) is 5.75 Å². The van der Waals surface area contributed by atoms with E-state index < -0.39 is 0 Å². The number of ether oxygens (including phenoxy) is 1. The first kappa shape index (κ1) is 12.1. The maximum Gasteiger partial charge on any atom is 0.246 e. The largest absolute Gasteiger partial charge is 0.508 e. The summed E-state index contributed by atoms with van der Waals surface area (Å²) < 4.78 is 10.6. The summed E-state index contributed by atoms with van der Waals surface area (Å²) in [5.41, 5.74) is 1.03. The third kappa shape index (κ3) is 2.91. The van der Waals surface area contributed by atoms with E-state index in [1.165, 1.54) is 0 Å². The van der Waals surface area contributed by atoms with Crippen LogP contribution in [0.25, 0.3) is 0 Å². The van der Waals surface area contributed by atoms with Gasteiger partial charge in [0.1, 0.15) is 11.8 Å². The molecule has 0 radical (unpaired) electrons. The molecule has 6 nitrogen and oxygen atoms in total. The molecule has 2 heterocycles. The Bertz CT molecular complexity index is 532. The monoisotopic (exact) mass is 261 g/mol. The van der Waals surface area contributed by atoms with E-state index in [9.17, 15) is 5.11 Å². The lowest BCUT2D eigenvalue weighted by atomic mass is 10.1. The molecule has 3 rings (SSSR count). The van der Waals surface area contributed by atoms with Crippen LogP contribution >= 0.6 is 0 Å². The lowest BCUT2D eigenvalue weighted by molar-refractivity contribution is 0.0659. The minimum Gasteiger partial charge on any atom is -0.508 e. The van der Waals surface area contributed by atoms with Crippen molar-refractivity contribution in [2.45, 2.75) is 12.5 Å². The topological polar surface area (TPSA) is 80.4 Å². The van der Waals surface area contributed by atoms with Crippen LogP contribution in [0, 0.1) is 0 Å². The average molecular weight is 261 g/mol. The molecule has 0 amide bonds. The normalized spacial score (nSPS) is 19.5. The van der Waals surface area contributed by atoms with Crippen molar-refractivity contribution < 1.29 is 14.4 Å². The van der Waals surface area contributed by atoms with Gasteiger partial charge >= 0.3 is 0 Å². The third-order valence-corrected chi connectivity index (χ3v) is 3.00. The number of morpholine rings is 1. The van der Waals surface area contributed by atoms with E-state index in [0.29, 0.717) is 31.3 Å². The van der Waals surface area contributed by atoms with Crippen molar-refractivity contribution in [2.75, 3.05) is 19.8 Å². The van der Waals surface area contributed by atoms with E-state index >= 15 is 0 Å². The molecule has 0 aliphatic carbocycles. The molecule has 1 saturated heterocycles. The van der Waals surface area contributed by atoms with Crippen LogP contribution in [0.15, 0.2) is 28.8 Å². The summed E-state index contributed by atoms with van der Waals surface area (Å²) >= 11 is 0. The molecule has 1 atom stereocenters. The van der Waals surface area contributed by atoms with E-state index in [1.54, 1.807) is 12.1 Å². The molecule has 100 valence electrons. The lowest BCUT2D eigenvalue weighted by Gasteiger charge is -2.20. The molecule has 2 aromatic rings. The van der Waals surface area contributed by atoms with Crippen molar-refractivity contribution in [3.05, 3.63) is 41.5 Å². The number of aromatic hydroxyl groups is 1. The van der Waals surface area contributed by atoms with E-state index in [2.05, 4.69) is 15.5 Å². The first-order chi connectivity index (χ1) is 9.31. The number of nitrogens with zero attached hydrogens (tertiary/aromatic N) is 2. The van der Waals surface area contributed by atoms with Crippen molar-refractivity contribution in [3.63, 3.8) is 0 Å². The molecule has 0 spiro atoms. The zero-order valence-corrected chi connectivity index (χ0v) is 10.4. The first-order valence-corrected chi connectivity index (χ1v) is 6.23. The minimum absolute atomic E-state index is 0.0187. The average Bonchev–Trinajstić information content (AvgIpc) is 2.91. The first-order valence-electron chi connectivity index (χ1n) is 6.23. The highest BCUT2D eigenvalue weighted by atomic mass is 16.5. The Kier molecular flexibility index (Phi) is 3.43. The molecule has 2 N–H and O–H groups in total. The standard InChI is InChI=1S/C13H15N3O3/c17-10-3-1-9(2-4-10)7-12-15-13(19-16-12)11-8-18-6-5-14-11/h1-4,11,14,17H,5-8H2. The smallest absolute Gasteiger partial charge is 0.246 e. The van der Waals surface area contributed by atoms with Gasteiger partial charge in [-0.2, -0.15) is 4.98 Å². The summed E-state index contributed by atoms with van der Waals surface area (Å²) in [7, 11) is 0. The molecule has 0 saturated carbocycles. The number of hydrogen-bond acceptors (Lipinski definition) is 6. The van der Waals surface area contributed by atoms with E-state index in [0.717, 1.165) is 12.1 Å². The van der Waals surface area contributed by atoms with Gasteiger partial charge in [-0.05, 0) is 17.7 Å². The Hall–Kier alpha value is -1.92. The van der Waals surface area contributed by atoms with Crippen LogP contribution < -0.4 is 5.32 Å². The molecule has 1 unspecified atom stereocenters. The number of phenols is 1. The Morgan fingerprint density at radius 2 is 2.16 bits per heavy atom. The predicted octanol–water partition coefficient (Wildman–Crippen LogP) is 1.03. The summed E-state index contributed by atoms with van der Waals surface area (Å²) in [6.07, 6.45) is 0.581. The fourth-order valence-corrected chi connectivity index (χ4v) is 2.00. The van der Waals surface area contributed by atoms with Gasteiger partial charge in [0, 0.05) is 13.0 Å². The van der Waals surface area contributed by atoms with Crippen LogP contribution in [0.5, 0.6) is 5.75 Å². The number of phenolic OH excluding ortho intramolecular Hbond substituents is 1. The molecule has 0 bridgehead atoms. The van der Waals surface area contributed by atoms with Crippen LogP contribution in [0.4, 0.5) is 0 Å². The Morgan fingerprint density at radius 3 is 2.89 bits per heavy atom. The van der Waals surface area contributed by atoms with Crippen molar-refractivity contribution in [2.24, 2.45) is 0 Å². The van der Waals surface area contributed by atoms with E-state index in [4.69, 9.17) is 9.26 Å². The van der Waals surface area contributed by atoms with Crippen LogP contribution in [0.2, 0.25) is 0 Å². The van der Waals surface area contributed by atoms with Gasteiger partial charge in [-0.15, -0.1) is 0 Å². The quantitative estimate of drug-likeness (QED) is 0.859. The van der Waals surface area contributed by atoms with Gasteiger partial charge in [-0.25, -0.2) is 0 Å². The fraction of sp³-hybridized carbons (Fsp3) is 0.385. The highest BCUT2D eigenvalue weighted by molar-refractivity contribution is 5.27. The number of rotatable bonds is 3. The molecule has 1 aliphatic rings. The summed E-state index contributed by atoms with van der Waals surface area (Å²) in [5, 5.41) is 16.5. The zero-order valence-electron chi connectivity index (χ0n) is 10.4. The maximum absolute atomic E-state index is 9.23. The van der Waals surface area contributed by atoms with Gasteiger partial charge in [0.2, 0.25) is 5.89 Å². The molecule has 1 aromatic heterocycles. The Labute approximate surface area is 110 Å². The SMILES string of the molecule is Oc1ccc(Cc2noc(C3COCCN3)n2)cc1. The summed E-state index contributed by atoms with van der Waals surface area (Å²) in [5.74, 6) is 1.45. The molecule has 1 aromatic carbocycles. The Morgan fingerprint density at radius 1 is 1.32 bits per heavy atom. The maximum atomic E-state index is 9.23. The van der Waals surface area contributed by atoms with E-state index in [-0.39, 0.29) is 11.8 Å². The second-order valence-corrected chi connectivity index (χ2v) is 4.47. The fourth-order valence-electron chi connectivity index (χ4n) is 2.00. The van der Waals surface area contributed by atoms with Gasteiger partial charge in [-0.1, -0.05) is 17.3 Å². The summed E-state index contributed by atoms with van der Waals surface area (Å²) in [4.78, 5) is 4.37. The number of benzene rings is 1. The lowest BCUT2D eigenvalue weighted by Crippen LogP contribution is -2.34. The molecule has 1 fully saturated rings. The Balaban J connectivity index is 1.68. The van der Waals surface area contributed by atoms with Crippen LogP contribution in [-0.2, 0) is 11.2 Å². The molecule has 1 aliphatic heterocycles. The van der Waals surface area contributed by atoms with Crippen molar-refractivity contribution >= 4 is 0 Å². The van der Waals surface area contributed by atoms with Crippen LogP contribution in [-0.4, -0.2) is 35.0 Å². The van der Waals surface area contributed by atoms with Crippen molar-refractivity contribution in [1.29, 1.82) is 0 Å². The third-order valence-electron chi connectivity index (χ3n) is 3.00. The van der Waals surface area contributed by atoms with Crippen LogP contribution in [0.3, 0.4) is 0 Å². The van der Waals surface area contributed by atoms with Gasteiger partial charge in [0.15, 0.2) is 5.82 Å². The summed E-state index contributed by atoms with van der Waals surface area (Å²) in [6.45, 7) is 2.06. The van der Waals surface area contributed by atoms with Gasteiger partial charge < -0.3 is 19.7 Å². The molecule has 6 heteroatoms. The highest BCUT2D eigenvalue weighted by Crippen LogP contribution is 2.16. The molecule has 19 heavy (non-hydrogen) atoms. The second kappa shape index (κ2) is 5.38. The molecular formula is C13H15N3O3. The zero-order chi connectivity index (χ0) is 13.1. The number of hydrogen-bond donors (Lipinski definition) is 2. The van der Waals surface area contributed by atoms with E-state index in [1.807, 2.05) is 12.1 Å².